The number of hydrogen-bond acceptors (Lipinski definition) is 1. The highest BCUT2D eigenvalue weighted by atomic mass is 35.5. The van der Waals surface area contributed by atoms with E-state index in [1.54, 1.807) is 10.6 Å². The van der Waals surface area contributed by atoms with Gasteiger partial charge in [0.15, 0.2) is 4.77 Å². The molecule has 0 unspecified atom stereocenters. The molecular formula is C14H9ClF2N2S. The van der Waals surface area contributed by atoms with Gasteiger partial charge in [0.25, 0.3) is 0 Å². The molecule has 0 spiro atoms. The number of aromatic amines is 1. The Morgan fingerprint density at radius 1 is 1.20 bits per heavy atom. The van der Waals surface area contributed by atoms with E-state index in [2.05, 4.69) is 4.98 Å². The van der Waals surface area contributed by atoms with E-state index in [1.165, 1.54) is 24.3 Å². The Bertz CT molecular complexity index is 883. The first-order chi connectivity index (χ1) is 9.47. The number of aryl methyl sites for hydroxylation is 1. The molecule has 0 saturated heterocycles. The predicted octanol–water partition coefficient (Wildman–Crippen LogP) is 4.93. The molecule has 0 atom stereocenters. The quantitative estimate of drug-likeness (QED) is 0.632. The van der Waals surface area contributed by atoms with E-state index in [1.807, 2.05) is 6.92 Å². The molecule has 6 heteroatoms. The zero-order valence-corrected chi connectivity index (χ0v) is 11.9. The molecular weight excluding hydrogens is 302 g/mol. The molecule has 0 aliphatic carbocycles. The highest BCUT2D eigenvalue weighted by Crippen LogP contribution is 2.26. The molecule has 1 N–H and O–H groups in total. The highest BCUT2D eigenvalue weighted by Gasteiger charge is 2.12. The molecule has 0 amide bonds. The van der Waals surface area contributed by atoms with Gasteiger partial charge in [-0.1, -0.05) is 17.7 Å². The number of hydrogen-bond donors (Lipinski definition) is 1. The smallest absolute Gasteiger partial charge is 0.182 e. The lowest BCUT2D eigenvalue weighted by molar-refractivity contribution is 0.626. The number of fused-ring (bicyclic) bond motifs is 1. The summed E-state index contributed by atoms with van der Waals surface area (Å²) in [5.41, 5.74) is 2.53. The Morgan fingerprint density at radius 3 is 2.70 bits per heavy atom. The zero-order chi connectivity index (χ0) is 14.4. The standard InChI is InChI=1S/C14H9ClF2N2S/c1-7-2-3-8(16)4-12(7)19-13-6-10(17)9(15)5-11(13)18-14(19)20/h2-6H,1H3,(H,18,20). The van der Waals surface area contributed by atoms with Crippen LogP contribution in [0.15, 0.2) is 30.3 Å². The van der Waals surface area contributed by atoms with E-state index in [9.17, 15) is 8.78 Å². The summed E-state index contributed by atoms with van der Waals surface area (Å²) in [5, 5.41) is 0.0110. The van der Waals surface area contributed by atoms with Gasteiger partial charge in [-0.15, -0.1) is 0 Å². The van der Waals surface area contributed by atoms with Crippen molar-refractivity contribution in [2.75, 3.05) is 0 Å². The second-order valence-corrected chi connectivity index (χ2v) is 5.27. The van der Waals surface area contributed by atoms with Gasteiger partial charge in [0.1, 0.15) is 11.6 Å². The number of H-pyrrole nitrogens is 1. The minimum absolute atomic E-state index is 0.0110. The van der Waals surface area contributed by atoms with Crippen molar-refractivity contribution in [3.05, 3.63) is 57.3 Å². The lowest BCUT2D eigenvalue weighted by Gasteiger charge is -2.08. The maximum atomic E-state index is 13.7. The summed E-state index contributed by atoms with van der Waals surface area (Å²) in [4.78, 5) is 2.94. The summed E-state index contributed by atoms with van der Waals surface area (Å²) < 4.78 is 29.1. The van der Waals surface area contributed by atoms with Crippen LogP contribution in [0, 0.1) is 23.3 Å². The van der Waals surface area contributed by atoms with Crippen LogP contribution in [0.2, 0.25) is 5.02 Å². The van der Waals surface area contributed by atoms with Crippen molar-refractivity contribution in [2.24, 2.45) is 0 Å². The SMILES string of the molecule is Cc1ccc(F)cc1-n1c(=S)[nH]c2cc(Cl)c(F)cc21. The zero-order valence-electron chi connectivity index (χ0n) is 10.4. The molecule has 2 nitrogen and oxygen atoms in total. The predicted molar refractivity (Wildman–Crippen MR) is 78.1 cm³/mol. The number of benzene rings is 2. The van der Waals surface area contributed by atoms with Crippen molar-refractivity contribution in [3.63, 3.8) is 0 Å². The second-order valence-electron chi connectivity index (χ2n) is 4.48. The summed E-state index contributed by atoms with van der Waals surface area (Å²) in [6.07, 6.45) is 0. The summed E-state index contributed by atoms with van der Waals surface area (Å²) in [5.74, 6) is -0.924. The normalized spacial score (nSPS) is 11.2. The maximum absolute atomic E-state index is 13.7. The third-order valence-corrected chi connectivity index (χ3v) is 3.71. The third kappa shape index (κ3) is 2.03. The van der Waals surface area contributed by atoms with Crippen molar-refractivity contribution in [2.45, 2.75) is 6.92 Å². The maximum Gasteiger partial charge on any atom is 0.182 e. The van der Waals surface area contributed by atoms with E-state index < -0.39 is 5.82 Å². The lowest BCUT2D eigenvalue weighted by Crippen LogP contribution is -1.98. The molecule has 0 aliphatic rings. The minimum atomic E-state index is -0.545. The molecule has 0 fully saturated rings. The highest BCUT2D eigenvalue weighted by molar-refractivity contribution is 7.71. The van der Waals surface area contributed by atoms with E-state index in [0.29, 0.717) is 21.5 Å². The summed E-state index contributed by atoms with van der Waals surface area (Å²) >= 11 is 11.0. The van der Waals surface area contributed by atoms with Gasteiger partial charge in [-0.25, -0.2) is 8.78 Å². The van der Waals surface area contributed by atoms with Gasteiger partial charge < -0.3 is 4.98 Å². The van der Waals surface area contributed by atoms with Crippen LogP contribution in [-0.4, -0.2) is 9.55 Å². The van der Waals surface area contributed by atoms with Gasteiger partial charge in [0.2, 0.25) is 0 Å². The first kappa shape index (κ1) is 13.3. The molecule has 1 heterocycles. The summed E-state index contributed by atoms with van der Waals surface area (Å²) in [7, 11) is 0. The van der Waals surface area contributed by atoms with Crippen LogP contribution in [0.3, 0.4) is 0 Å². The Hall–Kier alpha value is -1.72. The first-order valence-electron chi connectivity index (χ1n) is 5.83. The largest absolute Gasteiger partial charge is 0.330 e. The van der Waals surface area contributed by atoms with Crippen LogP contribution < -0.4 is 0 Å². The van der Waals surface area contributed by atoms with Crippen molar-refractivity contribution >= 4 is 34.9 Å². The first-order valence-corrected chi connectivity index (χ1v) is 6.62. The minimum Gasteiger partial charge on any atom is -0.330 e. The molecule has 0 aliphatic heterocycles. The van der Waals surface area contributed by atoms with E-state index in [0.717, 1.165) is 5.56 Å². The van der Waals surface area contributed by atoms with Gasteiger partial charge in [-0.3, -0.25) is 4.57 Å². The average molecular weight is 311 g/mol. The van der Waals surface area contributed by atoms with Gasteiger partial charge in [0.05, 0.1) is 21.7 Å². The number of imidazole rings is 1. The molecule has 1 aromatic heterocycles. The van der Waals surface area contributed by atoms with Crippen LogP contribution in [-0.2, 0) is 0 Å². The summed E-state index contributed by atoms with van der Waals surface area (Å²) in [6.45, 7) is 1.83. The second kappa shape index (κ2) is 4.68. The van der Waals surface area contributed by atoms with Crippen LogP contribution >= 0.6 is 23.8 Å². The fraction of sp³-hybridized carbons (Fsp3) is 0.0714. The Balaban J connectivity index is 2.42. The van der Waals surface area contributed by atoms with E-state index >= 15 is 0 Å². The molecule has 20 heavy (non-hydrogen) atoms. The Morgan fingerprint density at radius 2 is 1.95 bits per heavy atom. The molecule has 0 radical (unpaired) electrons. The Labute approximate surface area is 123 Å². The number of aromatic nitrogens is 2. The average Bonchev–Trinajstić information content (AvgIpc) is 2.69. The van der Waals surface area contributed by atoms with Crippen LogP contribution in [0.5, 0.6) is 0 Å². The summed E-state index contributed by atoms with van der Waals surface area (Å²) in [6, 6.07) is 7.14. The van der Waals surface area contributed by atoms with Gasteiger partial charge >= 0.3 is 0 Å². The van der Waals surface area contributed by atoms with Crippen molar-refractivity contribution in [3.8, 4) is 5.69 Å². The van der Waals surface area contributed by atoms with Crippen LogP contribution in [0.1, 0.15) is 5.56 Å². The molecule has 3 rings (SSSR count). The fourth-order valence-electron chi connectivity index (χ4n) is 2.16. The van der Waals surface area contributed by atoms with Gasteiger partial charge in [-0.2, -0.15) is 0 Å². The molecule has 0 saturated carbocycles. The number of nitrogens with one attached hydrogen (secondary N) is 1. The van der Waals surface area contributed by atoms with Crippen LogP contribution in [0.4, 0.5) is 8.78 Å². The van der Waals surface area contributed by atoms with E-state index in [4.69, 9.17) is 23.8 Å². The Kier molecular flexibility index (Phi) is 3.11. The lowest BCUT2D eigenvalue weighted by atomic mass is 10.2. The topological polar surface area (TPSA) is 20.7 Å². The van der Waals surface area contributed by atoms with Crippen molar-refractivity contribution < 1.29 is 8.78 Å². The molecule has 0 bridgehead atoms. The monoisotopic (exact) mass is 310 g/mol. The molecule has 3 aromatic rings. The van der Waals surface area contributed by atoms with Crippen molar-refractivity contribution in [1.29, 1.82) is 0 Å². The van der Waals surface area contributed by atoms with Crippen molar-refractivity contribution in [1.82, 2.24) is 9.55 Å². The van der Waals surface area contributed by atoms with Gasteiger partial charge in [-0.05, 0) is 42.9 Å². The fourth-order valence-corrected chi connectivity index (χ4v) is 2.63. The molecule has 2 aromatic carbocycles. The number of halogens is 3. The number of rotatable bonds is 1. The number of nitrogens with zero attached hydrogens (tertiary/aromatic N) is 1. The van der Waals surface area contributed by atoms with Gasteiger partial charge in [0, 0.05) is 6.07 Å². The van der Waals surface area contributed by atoms with E-state index in [-0.39, 0.29) is 10.8 Å². The van der Waals surface area contributed by atoms with Crippen LogP contribution in [0.25, 0.3) is 16.7 Å². The third-order valence-electron chi connectivity index (χ3n) is 3.14. The molecule has 102 valence electrons.